The Hall–Kier alpha value is -2.67. The molecule has 7 heteroatoms. The fraction of sp³-hybridized carbons (Fsp3) is 0.421. The number of ether oxygens (including phenoxy) is 1. The molecule has 0 saturated carbocycles. The van der Waals surface area contributed by atoms with Crippen LogP contribution in [0.15, 0.2) is 30.3 Å². The number of hydrogen-bond acceptors (Lipinski definition) is 5. The highest BCUT2D eigenvalue weighted by molar-refractivity contribution is 5.89. The van der Waals surface area contributed by atoms with Crippen LogP contribution in [-0.4, -0.2) is 42.3 Å². The number of carbonyl (C=O) groups excluding carboxylic acids is 1. The Morgan fingerprint density at radius 2 is 2.04 bits per heavy atom. The van der Waals surface area contributed by atoms with E-state index in [4.69, 9.17) is 4.74 Å². The lowest BCUT2D eigenvalue weighted by Gasteiger charge is -2.28. The van der Waals surface area contributed by atoms with Gasteiger partial charge in [-0.15, -0.1) is 0 Å². The third kappa shape index (κ3) is 4.92. The lowest BCUT2D eigenvalue weighted by molar-refractivity contribution is 0.122. The van der Waals surface area contributed by atoms with Gasteiger partial charge in [-0.3, -0.25) is 0 Å². The highest BCUT2D eigenvalue weighted by atomic mass is 16.5. The number of aromatic nitrogens is 2. The summed E-state index contributed by atoms with van der Waals surface area (Å²) in [4.78, 5) is 23.3. The fourth-order valence-electron chi connectivity index (χ4n) is 2.85. The molecule has 0 radical (unpaired) electrons. The quantitative estimate of drug-likeness (QED) is 0.861. The van der Waals surface area contributed by atoms with Crippen molar-refractivity contribution in [1.82, 2.24) is 15.3 Å². The molecule has 1 aliphatic heterocycles. The van der Waals surface area contributed by atoms with Crippen molar-refractivity contribution in [3.8, 4) is 0 Å². The van der Waals surface area contributed by atoms with E-state index in [0.29, 0.717) is 19.0 Å². The van der Waals surface area contributed by atoms with Crippen LogP contribution in [0.3, 0.4) is 0 Å². The maximum atomic E-state index is 12.2. The van der Waals surface area contributed by atoms with E-state index < -0.39 is 0 Å². The zero-order valence-electron chi connectivity index (χ0n) is 15.3. The Kier molecular flexibility index (Phi) is 6.01. The number of morpholine rings is 1. The molecule has 0 aliphatic carbocycles. The molecule has 1 fully saturated rings. The smallest absolute Gasteiger partial charge is 0.319 e. The van der Waals surface area contributed by atoms with Crippen molar-refractivity contribution in [3.05, 3.63) is 47.4 Å². The lowest BCUT2D eigenvalue weighted by Crippen LogP contribution is -2.37. The minimum absolute atomic E-state index is 0.267. The SMILES string of the molecule is CCc1cccc(NC(=O)NCc2nc(C)cc(N3CCOCC3)n2)c1. The Bertz CT molecular complexity index is 759. The molecule has 2 heterocycles. The second-order valence-corrected chi connectivity index (χ2v) is 6.24. The minimum atomic E-state index is -0.267. The average molecular weight is 355 g/mol. The van der Waals surface area contributed by atoms with Crippen molar-refractivity contribution < 1.29 is 9.53 Å². The van der Waals surface area contributed by atoms with Crippen molar-refractivity contribution in [2.45, 2.75) is 26.8 Å². The van der Waals surface area contributed by atoms with Gasteiger partial charge >= 0.3 is 6.03 Å². The predicted octanol–water partition coefficient (Wildman–Crippen LogP) is 2.51. The van der Waals surface area contributed by atoms with Crippen molar-refractivity contribution in [2.24, 2.45) is 0 Å². The number of amides is 2. The van der Waals surface area contributed by atoms with Gasteiger partial charge in [-0.25, -0.2) is 14.8 Å². The molecule has 0 spiro atoms. The summed E-state index contributed by atoms with van der Waals surface area (Å²) in [7, 11) is 0. The van der Waals surface area contributed by atoms with Gasteiger partial charge in [-0.1, -0.05) is 19.1 Å². The predicted molar refractivity (Wildman–Crippen MR) is 101 cm³/mol. The van der Waals surface area contributed by atoms with Crippen LogP contribution in [0.2, 0.25) is 0 Å². The molecule has 138 valence electrons. The highest BCUT2D eigenvalue weighted by Crippen LogP contribution is 2.14. The summed E-state index contributed by atoms with van der Waals surface area (Å²) in [6.45, 7) is 7.34. The van der Waals surface area contributed by atoms with Crippen molar-refractivity contribution in [1.29, 1.82) is 0 Å². The molecule has 0 bridgehead atoms. The number of urea groups is 1. The molecule has 0 atom stereocenters. The van der Waals surface area contributed by atoms with E-state index >= 15 is 0 Å². The standard InChI is InChI=1S/C19H25N5O2/c1-3-15-5-4-6-16(12-15)22-19(25)20-13-17-21-14(2)11-18(23-17)24-7-9-26-10-8-24/h4-6,11-12H,3,7-10,13H2,1-2H3,(H2,20,22,25). The van der Waals surface area contributed by atoms with Gasteiger partial charge in [0.15, 0.2) is 0 Å². The molecule has 3 rings (SSSR count). The Labute approximate surface area is 153 Å². The van der Waals surface area contributed by atoms with Crippen molar-refractivity contribution in [3.63, 3.8) is 0 Å². The Morgan fingerprint density at radius 3 is 2.81 bits per heavy atom. The molecule has 2 N–H and O–H groups in total. The first-order chi connectivity index (χ1) is 12.6. The third-order valence-corrected chi connectivity index (χ3v) is 4.22. The monoisotopic (exact) mass is 355 g/mol. The van der Waals surface area contributed by atoms with Gasteiger partial charge < -0.3 is 20.3 Å². The van der Waals surface area contributed by atoms with E-state index in [9.17, 15) is 4.79 Å². The van der Waals surface area contributed by atoms with Gasteiger partial charge in [0, 0.05) is 30.5 Å². The Balaban J connectivity index is 1.59. The molecule has 1 saturated heterocycles. The van der Waals surface area contributed by atoms with Gasteiger partial charge in [-0.05, 0) is 31.0 Å². The second kappa shape index (κ2) is 8.62. The van der Waals surface area contributed by atoms with Crippen LogP contribution in [0, 0.1) is 6.92 Å². The van der Waals surface area contributed by atoms with Crippen LogP contribution < -0.4 is 15.5 Å². The first-order valence-corrected chi connectivity index (χ1v) is 8.95. The van der Waals surface area contributed by atoms with Crippen LogP contribution >= 0.6 is 0 Å². The minimum Gasteiger partial charge on any atom is -0.378 e. The van der Waals surface area contributed by atoms with E-state index in [2.05, 4.69) is 32.4 Å². The number of anilines is 2. The van der Waals surface area contributed by atoms with Crippen LogP contribution in [0.25, 0.3) is 0 Å². The summed E-state index contributed by atoms with van der Waals surface area (Å²) in [5.74, 6) is 1.48. The molecule has 1 aromatic heterocycles. The topological polar surface area (TPSA) is 79.4 Å². The number of nitrogens with zero attached hydrogens (tertiary/aromatic N) is 3. The largest absolute Gasteiger partial charge is 0.378 e. The van der Waals surface area contributed by atoms with Crippen LogP contribution in [-0.2, 0) is 17.7 Å². The summed E-state index contributed by atoms with van der Waals surface area (Å²) in [5.41, 5.74) is 2.84. The molecule has 7 nitrogen and oxygen atoms in total. The van der Waals surface area contributed by atoms with Crippen LogP contribution in [0.1, 0.15) is 24.0 Å². The number of rotatable bonds is 5. The number of hydrogen-bond donors (Lipinski definition) is 2. The van der Waals surface area contributed by atoms with E-state index in [0.717, 1.165) is 36.7 Å². The molecule has 1 aliphatic rings. The van der Waals surface area contributed by atoms with Crippen LogP contribution in [0.5, 0.6) is 0 Å². The van der Waals surface area contributed by atoms with E-state index in [-0.39, 0.29) is 12.6 Å². The summed E-state index contributed by atoms with van der Waals surface area (Å²) in [5, 5.41) is 5.67. The van der Waals surface area contributed by atoms with Gasteiger partial charge in [-0.2, -0.15) is 0 Å². The molecule has 2 aromatic rings. The first kappa shape index (κ1) is 18.1. The fourth-order valence-corrected chi connectivity index (χ4v) is 2.85. The summed E-state index contributed by atoms with van der Waals surface area (Å²) < 4.78 is 5.38. The molecule has 1 aromatic carbocycles. The number of carbonyl (C=O) groups is 1. The Morgan fingerprint density at radius 1 is 1.23 bits per heavy atom. The number of nitrogens with one attached hydrogen (secondary N) is 2. The normalized spacial score (nSPS) is 14.2. The summed E-state index contributed by atoms with van der Waals surface area (Å²) in [6, 6.07) is 9.52. The average Bonchev–Trinajstić information content (AvgIpc) is 2.67. The van der Waals surface area contributed by atoms with E-state index in [1.165, 1.54) is 5.56 Å². The zero-order valence-corrected chi connectivity index (χ0v) is 15.3. The van der Waals surface area contributed by atoms with Crippen LogP contribution in [0.4, 0.5) is 16.3 Å². The van der Waals surface area contributed by atoms with E-state index in [1.54, 1.807) is 0 Å². The van der Waals surface area contributed by atoms with Crippen molar-refractivity contribution in [2.75, 3.05) is 36.5 Å². The zero-order chi connectivity index (χ0) is 18.4. The summed E-state index contributed by atoms with van der Waals surface area (Å²) in [6.07, 6.45) is 0.929. The number of aryl methyl sites for hydroxylation is 2. The second-order valence-electron chi connectivity index (χ2n) is 6.24. The highest BCUT2D eigenvalue weighted by Gasteiger charge is 2.14. The van der Waals surface area contributed by atoms with Gasteiger partial charge in [0.05, 0.1) is 19.8 Å². The first-order valence-electron chi connectivity index (χ1n) is 8.95. The maximum absolute atomic E-state index is 12.2. The van der Waals surface area contributed by atoms with Gasteiger partial charge in [0.25, 0.3) is 0 Å². The molecule has 0 unspecified atom stereocenters. The molecular weight excluding hydrogens is 330 g/mol. The third-order valence-electron chi connectivity index (χ3n) is 4.22. The van der Waals surface area contributed by atoms with Crippen molar-refractivity contribution >= 4 is 17.5 Å². The summed E-state index contributed by atoms with van der Waals surface area (Å²) >= 11 is 0. The number of benzene rings is 1. The van der Waals surface area contributed by atoms with E-state index in [1.807, 2.05) is 37.3 Å². The molecule has 26 heavy (non-hydrogen) atoms. The van der Waals surface area contributed by atoms with Gasteiger partial charge in [0.1, 0.15) is 11.6 Å². The lowest BCUT2D eigenvalue weighted by atomic mass is 10.1. The maximum Gasteiger partial charge on any atom is 0.319 e. The molecule has 2 amide bonds. The molecular formula is C19H25N5O2. The van der Waals surface area contributed by atoms with Gasteiger partial charge in [0.2, 0.25) is 0 Å².